The average Bonchev–Trinajstić information content (AvgIpc) is 2.54. The van der Waals surface area contributed by atoms with Crippen LogP contribution in [0.2, 0.25) is 0 Å². The lowest BCUT2D eigenvalue weighted by Gasteiger charge is -2.24. The van der Waals surface area contributed by atoms with Crippen LogP contribution < -0.4 is 5.56 Å². The van der Waals surface area contributed by atoms with E-state index in [1.54, 1.807) is 18.7 Å². The zero-order valence-electron chi connectivity index (χ0n) is 13.7. The highest BCUT2D eigenvalue weighted by Crippen LogP contribution is 2.34. The summed E-state index contributed by atoms with van der Waals surface area (Å²) < 4.78 is 39.4. The molecule has 1 fully saturated rings. The van der Waals surface area contributed by atoms with Crippen molar-refractivity contribution in [3.63, 3.8) is 0 Å². The monoisotopic (exact) mass is 372 g/mol. The summed E-state index contributed by atoms with van der Waals surface area (Å²) in [6, 6.07) is 2.27. The lowest BCUT2D eigenvalue weighted by Crippen LogP contribution is -2.21. The molecule has 3 rings (SSSR count). The smallest absolute Gasteiger partial charge is 0.393 e. The van der Waals surface area contributed by atoms with Crippen molar-refractivity contribution < 1.29 is 18.3 Å². The third-order valence-electron chi connectivity index (χ3n) is 4.52. The first-order valence-corrected chi connectivity index (χ1v) is 9.20. The summed E-state index contributed by atoms with van der Waals surface area (Å²) in [5.41, 5.74) is -1.06. The second-order valence-electron chi connectivity index (χ2n) is 6.41. The zero-order valence-corrected chi connectivity index (χ0v) is 14.5. The van der Waals surface area contributed by atoms with Crippen LogP contribution in [0.1, 0.15) is 42.6 Å². The summed E-state index contributed by atoms with van der Waals surface area (Å²) in [5.74, 6) is 0.817. The van der Waals surface area contributed by atoms with Gasteiger partial charge in [0.25, 0.3) is 5.56 Å². The molecule has 0 saturated heterocycles. The largest absolute Gasteiger partial charge is 0.417 e. The minimum Gasteiger partial charge on any atom is -0.393 e. The molecule has 1 heterocycles. The molecule has 25 heavy (non-hydrogen) atoms. The molecule has 1 aromatic heterocycles. The van der Waals surface area contributed by atoms with Gasteiger partial charge in [-0.05, 0) is 44.2 Å². The van der Waals surface area contributed by atoms with Crippen molar-refractivity contribution in [3.05, 3.63) is 39.4 Å². The van der Waals surface area contributed by atoms with Gasteiger partial charge in [-0.1, -0.05) is 6.07 Å². The number of aliphatic hydroxyl groups excluding tert-OH is 1. The first-order chi connectivity index (χ1) is 11.8. The van der Waals surface area contributed by atoms with Gasteiger partial charge in [0, 0.05) is 5.25 Å². The van der Waals surface area contributed by atoms with Gasteiger partial charge < -0.3 is 10.1 Å². The van der Waals surface area contributed by atoms with Crippen molar-refractivity contribution in [2.75, 3.05) is 0 Å². The summed E-state index contributed by atoms with van der Waals surface area (Å²) in [5, 5.41) is 9.49. The summed E-state index contributed by atoms with van der Waals surface area (Å²) in [7, 11) is 0. The Morgan fingerprint density at radius 3 is 2.60 bits per heavy atom. The number of aromatic nitrogens is 2. The number of alkyl halides is 3. The maximum absolute atomic E-state index is 13.1. The molecule has 2 N–H and O–H groups in total. The van der Waals surface area contributed by atoms with E-state index in [0.717, 1.165) is 31.7 Å². The number of H-pyrrole nitrogens is 1. The number of benzene rings is 1. The van der Waals surface area contributed by atoms with E-state index in [2.05, 4.69) is 9.97 Å². The van der Waals surface area contributed by atoms with Crippen LogP contribution in [0.25, 0.3) is 10.9 Å². The third-order valence-corrected chi connectivity index (χ3v) is 5.90. The van der Waals surface area contributed by atoms with Crippen LogP contribution in [0.3, 0.4) is 0 Å². The van der Waals surface area contributed by atoms with Gasteiger partial charge in [-0.25, -0.2) is 4.98 Å². The molecular formula is C17H19F3N2O2S. The Kier molecular flexibility index (Phi) is 5.11. The van der Waals surface area contributed by atoms with Crippen LogP contribution in [0, 0.1) is 6.92 Å². The molecule has 0 aliphatic heterocycles. The molecule has 1 saturated carbocycles. The van der Waals surface area contributed by atoms with Crippen LogP contribution in [0.4, 0.5) is 13.2 Å². The number of halogens is 3. The number of rotatable bonds is 3. The Morgan fingerprint density at radius 1 is 1.28 bits per heavy atom. The van der Waals surface area contributed by atoms with Crippen LogP contribution in [-0.4, -0.2) is 26.4 Å². The quantitative estimate of drug-likeness (QED) is 0.860. The molecule has 0 amide bonds. The molecule has 4 nitrogen and oxygen atoms in total. The van der Waals surface area contributed by atoms with Gasteiger partial charge in [0.05, 0.1) is 28.3 Å². The number of hydrogen-bond acceptors (Lipinski definition) is 4. The van der Waals surface area contributed by atoms with Crippen molar-refractivity contribution in [2.45, 2.75) is 55.9 Å². The summed E-state index contributed by atoms with van der Waals surface area (Å²) >= 11 is 1.62. The van der Waals surface area contributed by atoms with Gasteiger partial charge >= 0.3 is 6.18 Å². The predicted octanol–water partition coefficient (Wildman–Crippen LogP) is 3.79. The van der Waals surface area contributed by atoms with E-state index in [1.165, 1.54) is 6.07 Å². The van der Waals surface area contributed by atoms with Gasteiger partial charge in [-0.3, -0.25) is 4.79 Å². The molecule has 136 valence electrons. The number of hydrogen-bond donors (Lipinski definition) is 2. The summed E-state index contributed by atoms with van der Waals surface area (Å²) in [4.78, 5) is 19.1. The second kappa shape index (κ2) is 6.99. The number of aromatic amines is 1. The topological polar surface area (TPSA) is 66.0 Å². The predicted molar refractivity (Wildman–Crippen MR) is 91.7 cm³/mol. The molecule has 1 aromatic carbocycles. The SMILES string of the molecule is Cc1ccc(C(F)(F)F)c2c(=O)[nH]c(CS[C@H]3CC[C@@H](O)CC3)nc12. The van der Waals surface area contributed by atoms with Crippen LogP contribution in [0.5, 0.6) is 0 Å². The molecular weight excluding hydrogens is 353 g/mol. The van der Waals surface area contributed by atoms with Crippen molar-refractivity contribution >= 4 is 22.7 Å². The first kappa shape index (κ1) is 18.3. The fourth-order valence-corrected chi connectivity index (χ4v) is 4.27. The second-order valence-corrected chi connectivity index (χ2v) is 7.69. The Labute approximate surface area is 146 Å². The molecule has 0 atom stereocenters. The van der Waals surface area contributed by atoms with Gasteiger partial charge in [-0.15, -0.1) is 0 Å². The Balaban J connectivity index is 1.89. The highest BCUT2D eigenvalue weighted by atomic mass is 32.2. The van der Waals surface area contributed by atoms with E-state index in [4.69, 9.17) is 0 Å². The zero-order chi connectivity index (χ0) is 18.2. The van der Waals surface area contributed by atoms with Crippen LogP contribution >= 0.6 is 11.8 Å². The highest BCUT2D eigenvalue weighted by molar-refractivity contribution is 7.99. The van der Waals surface area contributed by atoms with Gasteiger partial charge in [-0.2, -0.15) is 24.9 Å². The third kappa shape index (κ3) is 4.00. The van der Waals surface area contributed by atoms with Crippen molar-refractivity contribution in [1.82, 2.24) is 9.97 Å². The van der Waals surface area contributed by atoms with E-state index < -0.39 is 22.7 Å². The number of fused-ring (bicyclic) bond motifs is 1. The number of aliphatic hydroxyl groups is 1. The maximum Gasteiger partial charge on any atom is 0.417 e. The number of nitrogens with zero attached hydrogens (tertiary/aromatic N) is 1. The van der Waals surface area contributed by atoms with Crippen molar-refractivity contribution in [1.29, 1.82) is 0 Å². The van der Waals surface area contributed by atoms with Gasteiger partial charge in [0.1, 0.15) is 5.82 Å². The van der Waals surface area contributed by atoms with Crippen molar-refractivity contribution in [3.8, 4) is 0 Å². The molecule has 0 unspecified atom stereocenters. The lowest BCUT2D eigenvalue weighted by atomic mass is 9.97. The Hall–Kier alpha value is -1.54. The van der Waals surface area contributed by atoms with E-state index in [1.807, 2.05) is 0 Å². The lowest BCUT2D eigenvalue weighted by molar-refractivity contribution is -0.136. The molecule has 1 aliphatic rings. The van der Waals surface area contributed by atoms with Crippen LogP contribution in [-0.2, 0) is 11.9 Å². The normalized spacial score (nSPS) is 21.6. The fraction of sp³-hybridized carbons (Fsp3) is 0.529. The van der Waals surface area contributed by atoms with E-state index >= 15 is 0 Å². The maximum atomic E-state index is 13.1. The average molecular weight is 372 g/mol. The first-order valence-electron chi connectivity index (χ1n) is 8.15. The van der Waals surface area contributed by atoms with Gasteiger partial charge in [0.2, 0.25) is 0 Å². The van der Waals surface area contributed by atoms with Crippen molar-refractivity contribution in [2.24, 2.45) is 0 Å². The van der Waals surface area contributed by atoms with Crippen LogP contribution in [0.15, 0.2) is 16.9 Å². The number of nitrogens with one attached hydrogen (secondary N) is 1. The fourth-order valence-electron chi connectivity index (χ4n) is 3.14. The van der Waals surface area contributed by atoms with E-state index in [-0.39, 0.29) is 11.6 Å². The molecule has 8 heteroatoms. The number of aryl methyl sites for hydroxylation is 1. The Bertz CT molecular complexity index is 827. The van der Waals surface area contributed by atoms with E-state index in [0.29, 0.717) is 22.4 Å². The minimum absolute atomic E-state index is 0.105. The number of thioether (sulfide) groups is 1. The van der Waals surface area contributed by atoms with E-state index in [9.17, 15) is 23.1 Å². The highest BCUT2D eigenvalue weighted by Gasteiger charge is 2.34. The molecule has 1 aliphatic carbocycles. The molecule has 0 spiro atoms. The standard InChI is InChI=1S/C17H19F3N2O2S/c1-9-2-7-12(17(18,19)20)14-15(9)21-13(22-16(14)24)8-25-11-5-3-10(23)4-6-11/h2,7,10-11,23H,3-6,8H2,1H3,(H,21,22,24)/t10-,11+. The molecule has 2 aromatic rings. The summed E-state index contributed by atoms with van der Waals surface area (Å²) in [6.07, 6.45) is -1.54. The Morgan fingerprint density at radius 2 is 1.96 bits per heavy atom. The minimum atomic E-state index is -4.60. The molecule has 0 radical (unpaired) electrons. The van der Waals surface area contributed by atoms with Gasteiger partial charge in [0.15, 0.2) is 0 Å². The summed E-state index contributed by atoms with van der Waals surface area (Å²) in [6.45, 7) is 1.65. The molecule has 0 bridgehead atoms.